The molecule has 6 heteroatoms. The number of imidazole rings is 1. The van der Waals surface area contributed by atoms with Crippen molar-refractivity contribution >= 4 is 17.0 Å². The van der Waals surface area contributed by atoms with Gasteiger partial charge in [0.2, 0.25) is 5.62 Å². The number of fused-ring (bicyclic) bond motifs is 1. The number of likely N-dealkylation sites (tertiary alicyclic amines) is 1. The Bertz CT molecular complexity index is 1520. The Kier molecular flexibility index (Phi) is 6.90. The lowest BCUT2D eigenvalue weighted by molar-refractivity contribution is -0.155. The maximum Gasteiger partial charge on any atom is 0.311 e. The SMILES string of the molecule is Cc1ccc(C[C@@H](COC(=O)C2CN(C)C2)n2c(=N)n(C(c3ccc(C)cc3)C3CC3)c3ccccc32)cc1. The van der Waals surface area contributed by atoms with Gasteiger partial charge in [0.25, 0.3) is 0 Å². The number of carbonyl (C=O) groups excluding carboxylic acids is 1. The molecule has 202 valence electrons. The molecule has 6 rings (SSSR count). The van der Waals surface area contributed by atoms with E-state index in [2.05, 4.69) is 94.6 Å². The zero-order valence-electron chi connectivity index (χ0n) is 23.1. The summed E-state index contributed by atoms with van der Waals surface area (Å²) in [6.07, 6.45) is 3.02. The van der Waals surface area contributed by atoms with E-state index in [1.165, 1.54) is 35.1 Å². The van der Waals surface area contributed by atoms with Gasteiger partial charge in [-0.15, -0.1) is 0 Å². The highest BCUT2D eigenvalue weighted by Gasteiger charge is 2.36. The van der Waals surface area contributed by atoms with Gasteiger partial charge >= 0.3 is 5.97 Å². The van der Waals surface area contributed by atoms with Gasteiger partial charge in [0.15, 0.2) is 0 Å². The summed E-state index contributed by atoms with van der Waals surface area (Å²) in [5, 5.41) is 9.57. The summed E-state index contributed by atoms with van der Waals surface area (Å²) in [6, 6.07) is 25.6. The molecule has 2 heterocycles. The van der Waals surface area contributed by atoms with Crippen LogP contribution in [0.3, 0.4) is 0 Å². The summed E-state index contributed by atoms with van der Waals surface area (Å²) >= 11 is 0. The number of ether oxygens (including phenoxy) is 1. The molecule has 0 amide bonds. The van der Waals surface area contributed by atoms with Crippen LogP contribution in [-0.4, -0.2) is 46.7 Å². The summed E-state index contributed by atoms with van der Waals surface area (Å²) in [5.74, 6) is 0.330. The number of esters is 1. The molecule has 0 bridgehead atoms. The number of aromatic nitrogens is 2. The molecule has 1 aromatic heterocycles. The van der Waals surface area contributed by atoms with E-state index in [4.69, 9.17) is 4.74 Å². The van der Waals surface area contributed by atoms with Gasteiger partial charge in [0, 0.05) is 13.1 Å². The number of rotatable bonds is 9. The van der Waals surface area contributed by atoms with Crippen LogP contribution in [-0.2, 0) is 16.0 Å². The Hall–Kier alpha value is -3.64. The highest BCUT2D eigenvalue weighted by molar-refractivity contribution is 5.77. The van der Waals surface area contributed by atoms with Crippen LogP contribution in [0.4, 0.5) is 0 Å². The van der Waals surface area contributed by atoms with E-state index in [0.29, 0.717) is 18.0 Å². The minimum Gasteiger partial charge on any atom is -0.463 e. The molecule has 39 heavy (non-hydrogen) atoms. The number of nitrogens with one attached hydrogen (secondary N) is 1. The number of benzene rings is 3. The van der Waals surface area contributed by atoms with Crippen LogP contribution in [0.15, 0.2) is 72.8 Å². The minimum atomic E-state index is -0.189. The summed E-state index contributed by atoms with van der Waals surface area (Å²) in [5.41, 5.74) is 7.41. The second-order valence-electron chi connectivity index (χ2n) is 11.6. The zero-order chi connectivity index (χ0) is 27.1. The monoisotopic (exact) mass is 522 g/mol. The molecule has 1 unspecified atom stereocenters. The topological polar surface area (TPSA) is 63.2 Å². The summed E-state index contributed by atoms with van der Waals surface area (Å²) < 4.78 is 10.3. The van der Waals surface area contributed by atoms with Crippen molar-refractivity contribution in [2.45, 2.75) is 45.2 Å². The van der Waals surface area contributed by atoms with Crippen molar-refractivity contribution in [2.24, 2.45) is 11.8 Å². The maximum atomic E-state index is 12.9. The number of carbonyl (C=O) groups is 1. The molecule has 6 nitrogen and oxygen atoms in total. The normalized spacial score (nSPS) is 17.6. The second-order valence-corrected chi connectivity index (χ2v) is 11.6. The molecule has 3 aromatic carbocycles. The first-order chi connectivity index (χ1) is 18.9. The van der Waals surface area contributed by atoms with Gasteiger partial charge in [0.05, 0.1) is 29.0 Å². The first kappa shape index (κ1) is 25.6. The fourth-order valence-corrected chi connectivity index (χ4v) is 6.04. The van der Waals surface area contributed by atoms with E-state index in [9.17, 15) is 10.2 Å². The number of aryl methyl sites for hydroxylation is 2. The smallest absolute Gasteiger partial charge is 0.311 e. The van der Waals surface area contributed by atoms with Crippen LogP contribution < -0.4 is 5.62 Å². The van der Waals surface area contributed by atoms with Gasteiger partial charge in [-0.05, 0) is 69.3 Å². The highest BCUT2D eigenvalue weighted by atomic mass is 16.5. The van der Waals surface area contributed by atoms with Crippen molar-refractivity contribution in [1.29, 1.82) is 5.41 Å². The van der Waals surface area contributed by atoms with Gasteiger partial charge in [-0.2, -0.15) is 0 Å². The number of hydrogen-bond acceptors (Lipinski definition) is 4. The van der Waals surface area contributed by atoms with Crippen molar-refractivity contribution in [2.75, 3.05) is 26.7 Å². The van der Waals surface area contributed by atoms with E-state index in [0.717, 1.165) is 24.1 Å². The average molecular weight is 523 g/mol. The molecule has 0 spiro atoms. The summed E-state index contributed by atoms with van der Waals surface area (Å²) in [4.78, 5) is 15.0. The summed E-state index contributed by atoms with van der Waals surface area (Å²) in [7, 11) is 2.02. The Labute approximate surface area is 230 Å². The van der Waals surface area contributed by atoms with Gasteiger partial charge in [-0.1, -0.05) is 71.8 Å². The van der Waals surface area contributed by atoms with Crippen LogP contribution >= 0.6 is 0 Å². The fourth-order valence-electron chi connectivity index (χ4n) is 6.04. The van der Waals surface area contributed by atoms with Gasteiger partial charge in [-0.3, -0.25) is 10.2 Å². The van der Waals surface area contributed by atoms with Crippen molar-refractivity contribution in [3.63, 3.8) is 0 Å². The van der Waals surface area contributed by atoms with E-state index in [1.54, 1.807) is 0 Å². The molecule has 1 aliphatic carbocycles. The predicted molar refractivity (Wildman–Crippen MR) is 154 cm³/mol. The average Bonchev–Trinajstić information content (AvgIpc) is 3.71. The third kappa shape index (κ3) is 5.18. The third-order valence-corrected chi connectivity index (χ3v) is 8.40. The van der Waals surface area contributed by atoms with E-state index in [-0.39, 0.29) is 30.6 Å². The van der Waals surface area contributed by atoms with E-state index < -0.39 is 0 Å². The van der Waals surface area contributed by atoms with Gasteiger partial charge < -0.3 is 18.8 Å². The lowest BCUT2D eigenvalue weighted by Crippen LogP contribution is -2.48. The van der Waals surface area contributed by atoms with Crippen LogP contribution in [0, 0.1) is 31.1 Å². The highest BCUT2D eigenvalue weighted by Crippen LogP contribution is 2.44. The second kappa shape index (κ2) is 10.5. The standard InChI is InChI=1S/C33H38N4O2/c1-22-8-12-24(13-9-22)18-28(21-39-32(38)27-19-35(3)20-27)36-29-6-4-5-7-30(29)37(33(36)34)31(26-16-17-26)25-14-10-23(2)11-15-25/h4-15,26-28,31,34H,16-21H2,1-3H3/t28-,31?/m0/s1. The number of nitrogens with zero attached hydrogens (tertiary/aromatic N) is 3. The molecule has 1 N–H and O–H groups in total. The summed E-state index contributed by atoms with van der Waals surface area (Å²) in [6.45, 7) is 5.94. The molecule has 2 aliphatic rings. The Morgan fingerprint density at radius 2 is 1.49 bits per heavy atom. The van der Waals surface area contributed by atoms with Gasteiger partial charge in [0.1, 0.15) is 6.61 Å². The molecule has 1 saturated carbocycles. The number of hydrogen-bond donors (Lipinski definition) is 1. The third-order valence-electron chi connectivity index (χ3n) is 8.40. The van der Waals surface area contributed by atoms with Crippen molar-refractivity contribution in [3.05, 3.63) is 101 Å². The van der Waals surface area contributed by atoms with Crippen LogP contribution in [0.2, 0.25) is 0 Å². The zero-order valence-corrected chi connectivity index (χ0v) is 23.1. The van der Waals surface area contributed by atoms with Crippen LogP contribution in [0.5, 0.6) is 0 Å². The van der Waals surface area contributed by atoms with E-state index in [1.807, 2.05) is 13.1 Å². The Balaban J connectivity index is 1.42. The predicted octanol–water partition coefficient (Wildman–Crippen LogP) is 5.43. The molecule has 2 atom stereocenters. The minimum absolute atomic E-state index is 0.0578. The number of para-hydroxylation sites is 2. The van der Waals surface area contributed by atoms with Crippen molar-refractivity contribution in [1.82, 2.24) is 14.0 Å². The maximum absolute atomic E-state index is 12.9. The fraction of sp³-hybridized carbons (Fsp3) is 0.394. The van der Waals surface area contributed by atoms with E-state index >= 15 is 0 Å². The lowest BCUT2D eigenvalue weighted by atomic mass is 10.0. The largest absolute Gasteiger partial charge is 0.463 e. The van der Waals surface area contributed by atoms with Crippen LogP contribution in [0.25, 0.3) is 11.0 Å². The molecule has 4 aromatic rings. The first-order valence-corrected chi connectivity index (χ1v) is 14.1. The molecule has 2 fully saturated rings. The van der Waals surface area contributed by atoms with Crippen molar-refractivity contribution < 1.29 is 9.53 Å². The Morgan fingerprint density at radius 3 is 2.08 bits per heavy atom. The molecule has 1 aliphatic heterocycles. The first-order valence-electron chi connectivity index (χ1n) is 14.1. The van der Waals surface area contributed by atoms with Crippen LogP contribution in [0.1, 0.15) is 47.2 Å². The van der Waals surface area contributed by atoms with Crippen molar-refractivity contribution in [3.8, 4) is 0 Å². The lowest BCUT2D eigenvalue weighted by Gasteiger charge is -2.34. The molecule has 1 saturated heterocycles. The molecule has 0 radical (unpaired) electrons. The molecular weight excluding hydrogens is 484 g/mol. The van der Waals surface area contributed by atoms with Gasteiger partial charge in [-0.25, -0.2) is 0 Å². The molecular formula is C33H38N4O2. The Morgan fingerprint density at radius 1 is 0.897 bits per heavy atom. The quantitative estimate of drug-likeness (QED) is 0.298.